The fraction of sp³-hybridized carbons (Fsp3) is 0.500. The highest BCUT2D eigenvalue weighted by Crippen LogP contribution is 2.22. The fourth-order valence-corrected chi connectivity index (χ4v) is 5.88. The summed E-state index contributed by atoms with van der Waals surface area (Å²) in [5.74, 6) is -2.32. The number of nitrogens with one attached hydrogen (secondary N) is 2. The van der Waals surface area contributed by atoms with Crippen LogP contribution in [0.2, 0.25) is 0 Å². The summed E-state index contributed by atoms with van der Waals surface area (Å²) in [6.07, 6.45) is -2.30. The van der Waals surface area contributed by atoms with Crippen LogP contribution in [0.1, 0.15) is 70.3 Å². The molecule has 1 aliphatic heterocycles. The predicted octanol–water partition coefficient (Wildman–Crippen LogP) is 3.38. The van der Waals surface area contributed by atoms with Crippen LogP contribution >= 0.6 is 0 Å². The molecule has 2 atom stereocenters. The minimum Gasteiger partial charge on any atom is -0.497 e. The third-order valence-corrected chi connectivity index (χ3v) is 8.49. The molecule has 59 heavy (non-hydrogen) atoms. The number of aliphatic imine (C=N–C) groups is 1. The first-order chi connectivity index (χ1) is 27.7. The van der Waals surface area contributed by atoms with E-state index >= 15 is 0 Å². The van der Waals surface area contributed by atoms with Gasteiger partial charge in [0.05, 0.1) is 27.0 Å². The molecule has 0 aromatic heterocycles. The zero-order valence-electron chi connectivity index (χ0n) is 35.0. The van der Waals surface area contributed by atoms with E-state index in [0.29, 0.717) is 11.3 Å². The van der Waals surface area contributed by atoms with Crippen molar-refractivity contribution in [2.75, 3.05) is 52.4 Å². The van der Waals surface area contributed by atoms with E-state index in [9.17, 15) is 33.6 Å². The Morgan fingerprint density at radius 3 is 2.07 bits per heavy atom. The van der Waals surface area contributed by atoms with Crippen molar-refractivity contribution in [2.45, 2.75) is 84.1 Å². The largest absolute Gasteiger partial charge is 0.497 e. The van der Waals surface area contributed by atoms with Gasteiger partial charge in [0.2, 0.25) is 17.8 Å². The summed E-state index contributed by atoms with van der Waals surface area (Å²) in [4.78, 5) is 98.9. The van der Waals surface area contributed by atoms with Crippen LogP contribution in [0.4, 0.5) is 20.1 Å². The Morgan fingerprint density at radius 2 is 1.51 bits per heavy atom. The van der Waals surface area contributed by atoms with Gasteiger partial charge in [0, 0.05) is 31.6 Å². The minimum atomic E-state index is -1.20. The average molecular weight is 826 g/mol. The number of nitrogens with zero attached hydrogens (tertiary/aromatic N) is 4. The Labute approximate surface area is 343 Å². The first kappa shape index (κ1) is 47.0. The van der Waals surface area contributed by atoms with Crippen LogP contribution in [0, 0.1) is 0 Å². The Hall–Kier alpha value is -6.40. The number of guanidine groups is 1. The van der Waals surface area contributed by atoms with Crippen LogP contribution in [0.5, 0.6) is 5.75 Å². The van der Waals surface area contributed by atoms with E-state index in [2.05, 4.69) is 20.4 Å². The summed E-state index contributed by atoms with van der Waals surface area (Å²) in [6.45, 7) is 10.2. The van der Waals surface area contributed by atoms with Gasteiger partial charge in [-0.15, -0.1) is 4.99 Å². The summed E-state index contributed by atoms with van der Waals surface area (Å²) >= 11 is 0. The monoisotopic (exact) mass is 825 g/mol. The Morgan fingerprint density at radius 1 is 0.881 bits per heavy atom. The topological polar surface area (TPSA) is 238 Å². The molecule has 1 saturated heterocycles. The smallest absolute Gasteiger partial charge is 0.436 e. The van der Waals surface area contributed by atoms with Crippen LogP contribution in [-0.2, 0) is 39.8 Å². The van der Waals surface area contributed by atoms with Crippen molar-refractivity contribution in [2.24, 2.45) is 10.7 Å². The number of piperazine rings is 1. The minimum absolute atomic E-state index is 0.0141. The van der Waals surface area contributed by atoms with E-state index in [0.717, 1.165) is 19.1 Å². The second-order valence-corrected chi connectivity index (χ2v) is 15.3. The maximum Gasteiger partial charge on any atom is 0.436 e. The van der Waals surface area contributed by atoms with Crippen molar-refractivity contribution in [1.82, 2.24) is 20.4 Å². The number of ether oxygens (including phenoxy) is 5. The summed E-state index contributed by atoms with van der Waals surface area (Å²) in [5.41, 5.74) is 5.22. The number of amides is 6. The fourth-order valence-electron chi connectivity index (χ4n) is 5.88. The molecule has 1 fully saturated rings. The number of esters is 1. The molecule has 0 bridgehead atoms. The predicted molar refractivity (Wildman–Crippen MR) is 215 cm³/mol. The molecule has 0 unspecified atom stereocenters. The van der Waals surface area contributed by atoms with Crippen molar-refractivity contribution in [1.29, 1.82) is 0 Å². The molecular weight excluding hydrogens is 770 g/mol. The van der Waals surface area contributed by atoms with Crippen molar-refractivity contribution >= 4 is 53.6 Å². The van der Waals surface area contributed by atoms with Gasteiger partial charge in [-0.3, -0.25) is 19.2 Å². The molecule has 3 rings (SSSR count). The molecule has 2 aromatic carbocycles. The van der Waals surface area contributed by atoms with Crippen molar-refractivity contribution in [3.8, 4) is 5.75 Å². The second-order valence-electron chi connectivity index (χ2n) is 15.3. The first-order valence-electron chi connectivity index (χ1n) is 18.8. The highest BCUT2D eigenvalue weighted by atomic mass is 16.6. The van der Waals surface area contributed by atoms with Crippen LogP contribution in [0.15, 0.2) is 53.5 Å². The maximum absolute atomic E-state index is 14.6. The van der Waals surface area contributed by atoms with E-state index in [-0.39, 0.29) is 56.7 Å². The van der Waals surface area contributed by atoms with Gasteiger partial charge in [-0.1, -0.05) is 12.1 Å². The number of alkyl carbamates (subject to hydrolysis) is 1. The number of benzene rings is 2. The number of rotatable bonds is 13. The molecule has 0 radical (unpaired) electrons. The maximum atomic E-state index is 14.6. The molecule has 0 saturated carbocycles. The number of anilines is 1. The first-order valence-corrected chi connectivity index (χ1v) is 18.8. The van der Waals surface area contributed by atoms with Gasteiger partial charge < -0.3 is 49.9 Å². The Bertz CT molecular complexity index is 1850. The number of hydrogen-bond donors (Lipinski definition) is 3. The van der Waals surface area contributed by atoms with Crippen LogP contribution in [0.3, 0.4) is 0 Å². The van der Waals surface area contributed by atoms with Gasteiger partial charge in [-0.05, 0) is 96.3 Å². The molecule has 0 aliphatic carbocycles. The molecule has 1 aliphatic rings. The van der Waals surface area contributed by atoms with Gasteiger partial charge in [-0.25, -0.2) is 19.3 Å². The van der Waals surface area contributed by atoms with Crippen molar-refractivity contribution in [3.05, 3.63) is 59.7 Å². The summed E-state index contributed by atoms with van der Waals surface area (Å²) in [7, 11) is 3.70. The summed E-state index contributed by atoms with van der Waals surface area (Å²) in [5, 5.41) is 5.47. The zero-order chi connectivity index (χ0) is 44.1. The zero-order valence-corrected chi connectivity index (χ0v) is 35.0. The van der Waals surface area contributed by atoms with Gasteiger partial charge in [0.15, 0.2) is 0 Å². The molecule has 19 nitrogen and oxygen atoms in total. The number of carbonyl (C=O) groups excluding carboxylic acids is 7. The standard InChI is InChI=1S/C40H55N7O12/c1-39(2,3)58-31(48)24-45-21-22-46(30(34(45)51)11-10-20-42-36(52)59-40(4,5)6)33(50)29(23-25-12-18-28(55-7)19-13-25)43-32(49)26-14-16-27(17-15-26)47(38(54)57-9)35(41)44-37(53)56-8/h12-19,29-30H,10-11,20-24H2,1-9H3,(H,42,52)(H,43,49)(H2,41,44,53)/t29-,30-/m0/s1. The van der Waals surface area contributed by atoms with Gasteiger partial charge in [0.1, 0.15) is 35.6 Å². The van der Waals surface area contributed by atoms with E-state index in [4.69, 9.17) is 24.7 Å². The third-order valence-electron chi connectivity index (χ3n) is 8.49. The number of carbonyl (C=O) groups is 7. The summed E-state index contributed by atoms with van der Waals surface area (Å²) in [6, 6.07) is 10.1. The highest BCUT2D eigenvalue weighted by molar-refractivity contribution is 6.15. The lowest BCUT2D eigenvalue weighted by molar-refractivity contribution is -0.163. The number of methoxy groups -OCH3 is 3. The van der Waals surface area contributed by atoms with Gasteiger partial charge in [-0.2, -0.15) is 0 Å². The van der Waals surface area contributed by atoms with Gasteiger partial charge in [0.25, 0.3) is 5.91 Å². The van der Waals surface area contributed by atoms with Crippen LogP contribution in [-0.4, -0.2) is 129 Å². The lowest BCUT2D eigenvalue weighted by Gasteiger charge is -2.42. The average Bonchev–Trinajstić information content (AvgIpc) is 3.16. The SMILES string of the molecule is COC(=O)N=C(N)N(C(=O)OC)c1ccc(C(=O)N[C@@H](Cc2ccc(OC)cc2)C(=O)N2CCN(CC(=O)OC(C)(C)C)C(=O)[C@@H]2CCCNC(=O)OC(C)(C)C)cc1. The molecule has 2 aromatic rings. The number of hydrogen-bond acceptors (Lipinski definition) is 12. The molecule has 19 heteroatoms. The molecule has 6 amide bonds. The van der Waals surface area contributed by atoms with Crippen LogP contribution < -0.4 is 26.0 Å². The second kappa shape index (κ2) is 20.9. The Kier molecular flexibility index (Phi) is 16.6. The lowest BCUT2D eigenvalue weighted by Crippen LogP contribution is -2.63. The number of nitrogens with two attached hydrogens (primary N) is 1. The van der Waals surface area contributed by atoms with E-state index in [1.165, 1.54) is 41.2 Å². The van der Waals surface area contributed by atoms with E-state index in [1.54, 1.807) is 65.8 Å². The lowest BCUT2D eigenvalue weighted by atomic mass is 9.99. The summed E-state index contributed by atoms with van der Waals surface area (Å²) < 4.78 is 25.3. The van der Waals surface area contributed by atoms with Gasteiger partial charge >= 0.3 is 24.2 Å². The molecular formula is C40H55N7O12. The van der Waals surface area contributed by atoms with Crippen LogP contribution in [0.25, 0.3) is 0 Å². The normalized spacial score (nSPS) is 15.0. The van der Waals surface area contributed by atoms with E-state index in [1.807, 2.05) is 0 Å². The van der Waals surface area contributed by atoms with Crippen molar-refractivity contribution in [3.63, 3.8) is 0 Å². The Balaban J connectivity index is 1.94. The molecule has 1 heterocycles. The molecule has 4 N–H and O–H groups in total. The highest BCUT2D eigenvalue weighted by Gasteiger charge is 2.41. The molecule has 322 valence electrons. The quantitative estimate of drug-likeness (QED) is 0.0865. The van der Waals surface area contributed by atoms with E-state index < -0.39 is 71.2 Å². The van der Waals surface area contributed by atoms with Crippen molar-refractivity contribution < 1.29 is 57.2 Å². The third kappa shape index (κ3) is 14.5. The molecule has 0 spiro atoms.